The summed E-state index contributed by atoms with van der Waals surface area (Å²) in [7, 11) is 0. The summed E-state index contributed by atoms with van der Waals surface area (Å²) in [4.78, 5) is 5.48. The van der Waals surface area contributed by atoms with E-state index in [-0.39, 0.29) is 0 Å². The van der Waals surface area contributed by atoms with Crippen LogP contribution >= 0.6 is 0 Å². The monoisotopic (exact) mass is 286 g/mol. The van der Waals surface area contributed by atoms with Crippen LogP contribution in [0.2, 0.25) is 0 Å². The van der Waals surface area contributed by atoms with E-state index < -0.39 is 12.7 Å². The molecule has 1 aliphatic rings. The molecular formula is C13H17F3N4. The van der Waals surface area contributed by atoms with E-state index in [2.05, 4.69) is 4.99 Å². The average molecular weight is 286 g/mol. The number of alkyl halides is 3. The predicted octanol–water partition coefficient (Wildman–Crippen LogP) is 2.43. The lowest BCUT2D eigenvalue weighted by Gasteiger charge is -2.23. The molecule has 1 heterocycles. The quantitative estimate of drug-likeness (QED) is 0.662. The summed E-state index contributed by atoms with van der Waals surface area (Å²) in [5.74, 6) is 0. The first-order chi connectivity index (χ1) is 9.38. The van der Waals surface area contributed by atoms with E-state index in [4.69, 9.17) is 11.5 Å². The fourth-order valence-corrected chi connectivity index (χ4v) is 2.31. The number of hydrogen-bond acceptors (Lipinski definition) is 4. The van der Waals surface area contributed by atoms with Crippen molar-refractivity contribution < 1.29 is 13.2 Å². The van der Waals surface area contributed by atoms with E-state index >= 15 is 0 Å². The third-order valence-corrected chi connectivity index (χ3v) is 3.20. The van der Waals surface area contributed by atoms with E-state index in [0.29, 0.717) is 22.6 Å². The first kappa shape index (κ1) is 14.5. The molecule has 4 nitrogen and oxygen atoms in total. The van der Waals surface area contributed by atoms with Gasteiger partial charge in [0.05, 0.1) is 11.4 Å². The van der Waals surface area contributed by atoms with E-state index in [0.717, 1.165) is 25.9 Å². The molecule has 0 saturated carbocycles. The molecule has 0 amide bonds. The third-order valence-electron chi connectivity index (χ3n) is 3.20. The maximum absolute atomic E-state index is 12.2. The van der Waals surface area contributed by atoms with Gasteiger partial charge in [0.2, 0.25) is 0 Å². The van der Waals surface area contributed by atoms with Crippen LogP contribution < -0.4 is 16.4 Å². The van der Waals surface area contributed by atoms with Gasteiger partial charge in [-0.3, -0.25) is 4.99 Å². The minimum Gasteiger partial charge on any atom is -0.398 e. The molecular weight excluding hydrogens is 269 g/mol. The average Bonchev–Trinajstić information content (AvgIpc) is 2.85. The van der Waals surface area contributed by atoms with E-state index in [1.165, 1.54) is 6.21 Å². The molecule has 0 bridgehead atoms. The van der Waals surface area contributed by atoms with Gasteiger partial charge in [0.1, 0.15) is 6.54 Å². The fraction of sp³-hybridized carbons (Fsp3) is 0.462. The number of hydrogen-bond donors (Lipinski definition) is 2. The highest BCUT2D eigenvalue weighted by molar-refractivity contribution is 5.98. The van der Waals surface area contributed by atoms with E-state index in [9.17, 15) is 13.2 Å². The minimum atomic E-state index is -4.32. The number of anilines is 3. The summed E-state index contributed by atoms with van der Waals surface area (Å²) in [6, 6.07) is 3.26. The zero-order chi connectivity index (χ0) is 14.8. The van der Waals surface area contributed by atoms with Gasteiger partial charge < -0.3 is 16.4 Å². The van der Waals surface area contributed by atoms with Crippen LogP contribution in [-0.2, 0) is 0 Å². The molecule has 1 aliphatic heterocycles. The van der Waals surface area contributed by atoms with Crippen LogP contribution in [0.4, 0.5) is 30.2 Å². The Hall–Kier alpha value is -1.92. The number of nitrogen functional groups attached to an aromatic ring is 2. The smallest absolute Gasteiger partial charge is 0.398 e. The SMILES string of the molecule is Nc1ccc(N)c(N2CCCC2)c1C=NCC(F)(F)F. The van der Waals surface area contributed by atoms with Gasteiger partial charge in [-0.2, -0.15) is 13.2 Å². The van der Waals surface area contributed by atoms with Crippen molar-refractivity contribution in [3.05, 3.63) is 17.7 Å². The maximum Gasteiger partial charge on any atom is 0.407 e. The Morgan fingerprint density at radius 1 is 1.15 bits per heavy atom. The highest BCUT2D eigenvalue weighted by Crippen LogP contribution is 2.33. The first-order valence-electron chi connectivity index (χ1n) is 6.38. The molecule has 0 aromatic heterocycles. The number of rotatable bonds is 3. The van der Waals surface area contributed by atoms with Crippen LogP contribution in [0.15, 0.2) is 17.1 Å². The Morgan fingerprint density at radius 2 is 1.75 bits per heavy atom. The van der Waals surface area contributed by atoms with Gasteiger partial charge in [-0.1, -0.05) is 0 Å². The van der Waals surface area contributed by atoms with Crippen LogP contribution in [0.1, 0.15) is 18.4 Å². The number of benzene rings is 1. The normalized spacial score (nSPS) is 16.2. The number of nitrogens with two attached hydrogens (primary N) is 2. The van der Waals surface area contributed by atoms with E-state index in [1.807, 2.05) is 4.90 Å². The number of nitrogens with zero attached hydrogens (tertiary/aromatic N) is 2. The second-order valence-corrected chi connectivity index (χ2v) is 4.79. The highest BCUT2D eigenvalue weighted by atomic mass is 19.4. The molecule has 0 spiro atoms. The highest BCUT2D eigenvalue weighted by Gasteiger charge is 2.26. The van der Waals surface area contributed by atoms with Gasteiger partial charge in [0.25, 0.3) is 0 Å². The topological polar surface area (TPSA) is 67.6 Å². The Kier molecular flexibility index (Phi) is 4.06. The molecule has 2 rings (SSSR count). The fourth-order valence-electron chi connectivity index (χ4n) is 2.31. The van der Waals surface area contributed by atoms with Crippen LogP contribution in [0.5, 0.6) is 0 Å². The van der Waals surface area contributed by atoms with Gasteiger partial charge in [-0.15, -0.1) is 0 Å². The van der Waals surface area contributed by atoms with Gasteiger partial charge in [-0.25, -0.2) is 0 Å². The van der Waals surface area contributed by atoms with Crippen molar-refractivity contribution in [1.29, 1.82) is 0 Å². The third kappa shape index (κ3) is 3.34. The van der Waals surface area contributed by atoms with Crippen molar-refractivity contribution in [2.75, 3.05) is 36.0 Å². The molecule has 4 N–H and O–H groups in total. The van der Waals surface area contributed by atoms with Crippen molar-refractivity contribution in [1.82, 2.24) is 0 Å². The van der Waals surface area contributed by atoms with Gasteiger partial charge in [0.15, 0.2) is 0 Å². The van der Waals surface area contributed by atoms with Crippen molar-refractivity contribution >= 4 is 23.3 Å². The molecule has 0 aliphatic carbocycles. The largest absolute Gasteiger partial charge is 0.407 e. The van der Waals surface area contributed by atoms with Crippen molar-refractivity contribution in [2.24, 2.45) is 4.99 Å². The summed E-state index contributed by atoms with van der Waals surface area (Å²) in [6.07, 6.45) is -1.08. The number of halogens is 3. The predicted molar refractivity (Wildman–Crippen MR) is 75.2 cm³/mol. The standard InChI is InChI=1S/C13H17F3N4/c14-13(15,16)8-19-7-9-10(17)3-4-11(18)12(9)20-5-1-2-6-20/h3-4,7H,1-2,5-6,8,17-18H2. The first-order valence-corrected chi connectivity index (χ1v) is 6.38. The van der Waals surface area contributed by atoms with Gasteiger partial charge in [0, 0.05) is 30.6 Å². The lowest BCUT2D eigenvalue weighted by atomic mass is 10.1. The Labute approximate surface area is 115 Å². The molecule has 1 aromatic carbocycles. The molecule has 0 atom stereocenters. The summed E-state index contributed by atoms with van der Waals surface area (Å²) in [5.41, 5.74) is 13.8. The maximum atomic E-state index is 12.2. The van der Waals surface area contributed by atoms with Crippen LogP contribution in [0.25, 0.3) is 0 Å². The van der Waals surface area contributed by atoms with Crippen LogP contribution in [-0.4, -0.2) is 32.0 Å². The zero-order valence-electron chi connectivity index (χ0n) is 11.0. The molecule has 1 aromatic rings. The molecule has 110 valence electrons. The van der Waals surface area contributed by atoms with Crippen LogP contribution in [0, 0.1) is 0 Å². The molecule has 7 heteroatoms. The van der Waals surface area contributed by atoms with Crippen molar-refractivity contribution in [3.63, 3.8) is 0 Å². The van der Waals surface area contributed by atoms with Crippen molar-refractivity contribution in [3.8, 4) is 0 Å². The Balaban J connectivity index is 2.32. The molecule has 0 radical (unpaired) electrons. The molecule has 1 saturated heterocycles. The molecule has 20 heavy (non-hydrogen) atoms. The van der Waals surface area contributed by atoms with Crippen LogP contribution in [0.3, 0.4) is 0 Å². The lowest BCUT2D eigenvalue weighted by molar-refractivity contribution is -0.118. The van der Waals surface area contributed by atoms with E-state index in [1.54, 1.807) is 12.1 Å². The summed E-state index contributed by atoms with van der Waals surface area (Å²) < 4.78 is 36.5. The Bertz CT molecular complexity index is 505. The minimum absolute atomic E-state index is 0.382. The zero-order valence-corrected chi connectivity index (χ0v) is 11.0. The Morgan fingerprint density at radius 3 is 2.35 bits per heavy atom. The van der Waals surface area contributed by atoms with Gasteiger partial charge >= 0.3 is 6.18 Å². The molecule has 1 fully saturated rings. The lowest BCUT2D eigenvalue weighted by Crippen LogP contribution is -2.21. The van der Waals surface area contributed by atoms with Crippen molar-refractivity contribution in [2.45, 2.75) is 19.0 Å². The number of aliphatic imine (C=N–C) groups is 1. The summed E-state index contributed by atoms with van der Waals surface area (Å²) >= 11 is 0. The summed E-state index contributed by atoms with van der Waals surface area (Å²) in [6.45, 7) is 0.433. The second kappa shape index (κ2) is 5.60. The summed E-state index contributed by atoms with van der Waals surface area (Å²) in [5, 5.41) is 0. The molecule has 0 unspecified atom stereocenters. The second-order valence-electron chi connectivity index (χ2n) is 4.79. The van der Waals surface area contributed by atoms with Gasteiger partial charge in [-0.05, 0) is 25.0 Å².